The smallest absolute Gasteiger partial charge is 0.242 e. The lowest BCUT2D eigenvalue weighted by molar-refractivity contribution is -0.121. The Balaban J connectivity index is 2.42. The number of anilines is 1. The largest absolute Gasteiger partial charge is 0.374 e. The van der Waals surface area contributed by atoms with Gasteiger partial charge in [-0.1, -0.05) is 13.8 Å². The highest BCUT2D eigenvalue weighted by Gasteiger charge is 2.11. The van der Waals surface area contributed by atoms with Gasteiger partial charge in [-0.05, 0) is 43.5 Å². The van der Waals surface area contributed by atoms with Crippen LogP contribution in [0.25, 0.3) is 0 Å². The van der Waals surface area contributed by atoms with E-state index in [1.165, 1.54) is 0 Å². The number of benzene rings is 1. The van der Waals surface area contributed by atoms with E-state index in [0.717, 1.165) is 12.1 Å². The summed E-state index contributed by atoms with van der Waals surface area (Å²) in [6.45, 7) is 6.79. The first-order valence-corrected chi connectivity index (χ1v) is 6.57. The van der Waals surface area contributed by atoms with Crippen molar-refractivity contribution in [2.75, 3.05) is 11.9 Å². The van der Waals surface area contributed by atoms with Crippen LogP contribution in [0.15, 0.2) is 24.3 Å². The summed E-state index contributed by atoms with van der Waals surface area (Å²) in [6, 6.07) is 8.83. The summed E-state index contributed by atoms with van der Waals surface area (Å²) in [7, 11) is 0. The first-order valence-electron chi connectivity index (χ1n) is 6.57. The van der Waals surface area contributed by atoms with Gasteiger partial charge >= 0.3 is 0 Å². The molecule has 0 aliphatic rings. The molecule has 1 rings (SSSR count). The molecule has 0 aromatic heterocycles. The minimum absolute atomic E-state index is 0.00925. The fourth-order valence-corrected chi connectivity index (χ4v) is 1.59. The van der Waals surface area contributed by atoms with Crippen LogP contribution >= 0.6 is 0 Å². The molecular formula is C15H21N3O. The predicted octanol–water partition coefficient (Wildman–Crippen LogP) is 2.52. The lowest BCUT2D eigenvalue weighted by Gasteiger charge is -2.15. The first-order chi connectivity index (χ1) is 9.02. The standard InChI is InChI=1S/C15H21N3O/c1-11(2)8-9-17-15(19)12(3)18-14-6-4-13(10-16)5-7-14/h4-7,11-12,18H,8-9H2,1-3H3,(H,17,19). The van der Waals surface area contributed by atoms with Crippen LogP contribution in [0.1, 0.15) is 32.8 Å². The van der Waals surface area contributed by atoms with Gasteiger partial charge in [0.2, 0.25) is 5.91 Å². The molecule has 102 valence electrons. The van der Waals surface area contributed by atoms with Gasteiger partial charge in [-0.15, -0.1) is 0 Å². The van der Waals surface area contributed by atoms with Gasteiger partial charge in [-0.3, -0.25) is 4.79 Å². The van der Waals surface area contributed by atoms with Gasteiger partial charge in [-0.25, -0.2) is 0 Å². The van der Waals surface area contributed by atoms with Gasteiger partial charge in [0.05, 0.1) is 11.6 Å². The molecule has 1 amide bonds. The number of rotatable bonds is 6. The summed E-state index contributed by atoms with van der Waals surface area (Å²) in [4.78, 5) is 11.8. The maximum atomic E-state index is 11.8. The molecule has 1 aromatic rings. The molecule has 1 atom stereocenters. The summed E-state index contributed by atoms with van der Waals surface area (Å²) in [5.74, 6) is 0.576. The van der Waals surface area contributed by atoms with E-state index in [0.29, 0.717) is 18.0 Å². The van der Waals surface area contributed by atoms with Crippen molar-refractivity contribution in [1.29, 1.82) is 5.26 Å². The Morgan fingerprint density at radius 1 is 1.26 bits per heavy atom. The van der Waals surface area contributed by atoms with Crippen LogP contribution in [0.3, 0.4) is 0 Å². The zero-order valence-corrected chi connectivity index (χ0v) is 11.7. The number of carbonyl (C=O) groups excluding carboxylic acids is 1. The van der Waals surface area contributed by atoms with E-state index < -0.39 is 0 Å². The average Bonchev–Trinajstić information content (AvgIpc) is 2.39. The monoisotopic (exact) mass is 259 g/mol. The molecule has 0 bridgehead atoms. The summed E-state index contributed by atoms with van der Waals surface area (Å²) in [5.41, 5.74) is 1.45. The van der Waals surface area contributed by atoms with Crippen molar-refractivity contribution >= 4 is 11.6 Å². The highest BCUT2D eigenvalue weighted by molar-refractivity contribution is 5.84. The van der Waals surface area contributed by atoms with Crippen molar-refractivity contribution < 1.29 is 4.79 Å². The third kappa shape index (κ3) is 5.43. The van der Waals surface area contributed by atoms with Crippen molar-refractivity contribution in [2.45, 2.75) is 33.2 Å². The Kier molecular flexibility index (Phi) is 5.87. The van der Waals surface area contributed by atoms with Crippen LogP contribution in [-0.2, 0) is 4.79 Å². The number of amides is 1. The minimum Gasteiger partial charge on any atom is -0.374 e. The van der Waals surface area contributed by atoms with Gasteiger partial charge in [0.1, 0.15) is 6.04 Å². The Hall–Kier alpha value is -2.02. The highest BCUT2D eigenvalue weighted by atomic mass is 16.2. The first kappa shape index (κ1) is 15.0. The molecule has 1 aromatic carbocycles. The van der Waals surface area contributed by atoms with E-state index in [9.17, 15) is 4.79 Å². The lowest BCUT2D eigenvalue weighted by Crippen LogP contribution is -2.38. The SMILES string of the molecule is CC(C)CCNC(=O)C(C)Nc1ccc(C#N)cc1. The van der Waals surface area contributed by atoms with E-state index in [1.807, 2.05) is 6.92 Å². The molecule has 4 nitrogen and oxygen atoms in total. The molecule has 0 heterocycles. The molecule has 0 saturated carbocycles. The van der Waals surface area contributed by atoms with E-state index in [1.54, 1.807) is 24.3 Å². The molecule has 0 saturated heterocycles. The van der Waals surface area contributed by atoms with Crippen LogP contribution in [-0.4, -0.2) is 18.5 Å². The molecule has 0 radical (unpaired) electrons. The Labute approximate surface area is 114 Å². The number of hydrogen-bond donors (Lipinski definition) is 2. The zero-order chi connectivity index (χ0) is 14.3. The van der Waals surface area contributed by atoms with Gasteiger partial charge in [0.25, 0.3) is 0 Å². The molecule has 19 heavy (non-hydrogen) atoms. The molecular weight excluding hydrogens is 238 g/mol. The number of hydrogen-bond acceptors (Lipinski definition) is 3. The second-order valence-corrected chi connectivity index (χ2v) is 5.03. The summed E-state index contributed by atoms with van der Waals surface area (Å²) < 4.78 is 0. The topological polar surface area (TPSA) is 64.9 Å². The summed E-state index contributed by atoms with van der Waals surface area (Å²) >= 11 is 0. The van der Waals surface area contributed by atoms with Gasteiger partial charge in [0.15, 0.2) is 0 Å². The fourth-order valence-electron chi connectivity index (χ4n) is 1.59. The Morgan fingerprint density at radius 2 is 1.89 bits per heavy atom. The van der Waals surface area contributed by atoms with Crippen molar-refractivity contribution in [3.05, 3.63) is 29.8 Å². The maximum absolute atomic E-state index is 11.8. The lowest BCUT2D eigenvalue weighted by atomic mass is 10.1. The predicted molar refractivity (Wildman–Crippen MR) is 76.7 cm³/mol. The Morgan fingerprint density at radius 3 is 2.42 bits per heavy atom. The fraction of sp³-hybridized carbons (Fsp3) is 0.467. The second-order valence-electron chi connectivity index (χ2n) is 5.03. The van der Waals surface area contributed by atoms with Gasteiger partial charge < -0.3 is 10.6 Å². The average molecular weight is 259 g/mol. The van der Waals surface area contributed by atoms with E-state index in [4.69, 9.17) is 5.26 Å². The zero-order valence-electron chi connectivity index (χ0n) is 11.7. The van der Waals surface area contributed by atoms with Crippen molar-refractivity contribution in [1.82, 2.24) is 5.32 Å². The van der Waals surface area contributed by atoms with Crippen molar-refractivity contribution in [2.24, 2.45) is 5.92 Å². The molecule has 4 heteroatoms. The Bertz CT molecular complexity index is 445. The van der Waals surface area contributed by atoms with Crippen LogP contribution in [0.4, 0.5) is 5.69 Å². The quantitative estimate of drug-likeness (QED) is 0.825. The molecule has 1 unspecified atom stereocenters. The van der Waals surface area contributed by atoms with Gasteiger partial charge in [-0.2, -0.15) is 5.26 Å². The number of nitriles is 1. The third-order valence-corrected chi connectivity index (χ3v) is 2.81. The molecule has 0 aliphatic carbocycles. The number of nitrogens with one attached hydrogen (secondary N) is 2. The van der Waals surface area contributed by atoms with Crippen molar-refractivity contribution in [3.8, 4) is 6.07 Å². The van der Waals surface area contributed by atoms with E-state index >= 15 is 0 Å². The summed E-state index contributed by atoms with van der Waals surface area (Å²) in [5, 5.41) is 14.7. The number of carbonyl (C=O) groups is 1. The molecule has 0 aliphatic heterocycles. The maximum Gasteiger partial charge on any atom is 0.242 e. The second kappa shape index (κ2) is 7.42. The molecule has 2 N–H and O–H groups in total. The molecule has 0 spiro atoms. The normalized spacial score (nSPS) is 11.7. The number of nitrogens with zero attached hydrogens (tertiary/aromatic N) is 1. The van der Waals surface area contributed by atoms with Crippen molar-refractivity contribution in [3.63, 3.8) is 0 Å². The highest BCUT2D eigenvalue weighted by Crippen LogP contribution is 2.10. The van der Waals surface area contributed by atoms with Crippen LogP contribution < -0.4 is 10.6 Å². The van der Waals surface area contributed by atoms with Crippen LogP contribution in [0.2, 0.25) is 0 Å². The molecule has 0 fully saturated rings. The summed E-state index contributed by atoms with van der Waals surface area (Å²) in [6.07, 6.45) is 0.981. The van der Waals surface area contributed by atoms with Crippen LogP contribution in [0.5, 0.6) is 0 Å². The van der Waals surface area contributed by atoms with Gasteiger partial charge in [0, 0.05) is 12.2 Å². The minimum atomic E-state index is -0.292. The third-order valence-electron chi connectivity index (χ3n) is 2.81. The van der Waals surface area contributed by atoms with E-state index in [-0.39, 0.29) is 11.9 Å². The van der Waals surface area contributed by atoms with E-state index in [2.05, 4.69) is 30.6 Å². The van der Waals surface area contributed by atoms with Crippen LogP contribution in [0, 0.1) is 17.2 Å².